The van der Waals surface area contributed by atoms with Crippen LogP contribution in [0.1, 0.15) is 45.8 Å². The Bertz CT molecular complexity index is 1220. The maximum atomic E-state index is 12.7. The molecule has 30 heavy (non-hydrogen) atoms. The zero-order valence-electron chi connectivity index (χ0n) is 17.4. The largest absolute Gasteiger partial charge is 0.391 e. The minimum Gasteiger partial charge on any atom is -0.391 e. The maximum Gasteiger partial charge on any atom is 0.255 e. The first-order chi connectivity index (χ1) is 14.4. The molecule has 3 aromatic rings. The third-order valence-electron chi connectivity index (χ3n) is 6.00. The van der Waals surface area contributed by atoms with E-state index in [1.807, 2.05) is 30.3 Å². The second-order valence-electron chi connectivity index (χ2n) is 8.05. The highest BCUT2D eigenvalue weighted by Crippen LogP contribution is 2.41. The standard InChI is InChI=1S/C25H25N3O2/c1-15-8-9-18(10-16(15)2)27-14-19(29)12-21-20-6-4-5-7-23(20)28-24(30)11-17(3)22(13-26)25(21)28/h4-11,19,21,27,29H,12,14H2,1-3H3. The van der Waals surface area contributed by atoms with Crippen LogP contribution < -0.4 is 10.9 Å². The van der Waals surface area contributed by atoms with E-state index in [4.69, 9.17) is 0 Å². The summed E-state index contributed by atoms with van der Waals surface area (Å²) in [6, 6.07) is 17.6. The number of nitrogens with zero attached hydrogens (tertiary/aromatic N) is 2. The van der Waals surface area contributed by atoms with E-state index in [9.17, 15) is 15.2 Å². The lowest BCUT2D eigenvalue weighted by atomic mass is 9.89. The van der Waals surface area contributed by atoms with Gasteiger partial charge in [-0.25, -0.2) is 0 Å². The maximum absolute atomic E-state index is 12.7. The Labute approximate surface area is 176 Å². The Hall–Kier alpha value is -3.36. The fraction of sp³-hybridized carbons (Fsp3) is 0.280. The third-order valence-corrected chi connectivity index (χ3v) is 6.00. The number of anilines is 1. The van der Waals surface area contributed by atoms with Gasteiger partial charge in [-0.15, -0.1) is 0 Å². The van der Waals surface area contributed by atoms with E-state index in [-0.39, 0.29) is 11.5 Å². The molecule has 0 spiro atoms. The van der Waals surface area contributed by atoms with E-state index < -0.39 is 6.10 Å². The summed E-state index contributed by atoms with van der Waals surface area (Å²) in [5.41, 5.74) is 6.91. The van der Waals surface area contributed by atoms with Crippen LogP contribution in [0.3, 0.4) is 0 Å². The number of para-hydroxylation sites is 1. The number of benzene rings is 2. The lowest BCUT2D eigenvalue weighted by Gasteiger charge is -2.20. The predicted octanol–water partition coefficient (Wildman–Crippen LogP) is 3.94. The van der Waals surface area contributed by atoms with Crippen LogP contribution in [0.5, 0.6) is 0 Å². The molecule has 1 aliphatic rings. The van der Waals surface area contributed by atoms with Gasteiger partial charge in [-0.1, -0.05) is 24.3 Å². The van der Waals surface area contributed by atoms with E-state index in [2.05, 4.69) is 37.4 Å². The third kappa shape index (κ3) is 3.40. The van der Waals surface area contributed by atoms with Crippen molar-refractivity contribution in [2.24, 2.45) is 0 Å². The minimum atomic E-state index is -0.640. The number of pyridine rings is 1. The molecule has 0 radical (unpaired) electrons. The van der Waals surface area contributed by atoms with E-state index in [1.165, 1.54) is 17.2 Å². The molecule has 2 N–H and O–H groups in total. The predicted molar refractivity (Wildman–Crippen MR) is 118 cm³/mol. The van der Waals surface area contributed by atoms with Crippen LogP contribution in [-0.4, -0.2) is 22.3 Å². The topological polar surface area (TPSA) is 78.0 Å². The second kappa shape index (κ2) is 7.81. The number of hydrogen-bond donors (Lipinski definition) is 2. The van der Waals surface area contributed by atoms with Gasteiger partial charge >= 0.3 is 0 Å². The van der Waals surface area contributed by atoms with Crippen molar-refractivity contribution in [1.82, 2.24) is 4.57 Å². The van der Waals surface area contributed by atoms with Gasteiger partial charge in [-0.05, 0) is 67.6 Å². The van der Waals surface area contributed by atoms with Gasteiger partial charge in [0.05, 0.1) is 23.0 Å². The molecule has 1 aliphatic heterocycles. The van der Waals surface area contributed by atoms with Crippen LogP contribution in [0.15, 0.2) is 53.3 Å². The number of nitriles is 1. The zero-order valence-corrected chi connectivity index (χ0v) is 17.4. The Balaban J connectivity index is 1.64. The van der Waals surface area contributed by atoms with Gasteiger partial charge in [0.2, 0.25) is 0 Å². The Kier molecular flexibility index (Phi) is 5.19. The minimum absolute atomic E-state index is 0.140. The second-order valence-corrected chi connectivity index (χ2v) is 8.05. The van der Waals surface area contributed by atoms with Crippen molar-refractivity contribution < 1.29 is 5.11 Å². The molecule has 0 bridgehead atoms. The number of aliphatic hydroxyl groups excluding tert-OH is 1. The van der Waals surface area contributed by atoms with E-state index >= 15 is 0 Å². The number of rotatable bonds is 5. The molecular formula is C25H25N3O2. The summed E-state index contributed by atoms with van der Waals surface area (Å²) < 4.78 is 1.63. The van der Waals surface area contributed by atoms with Crippen molar-refractivity contribution in [3.63, 3.8) is 0 Å². The van der Waals surface area contributed by atoms with Crippen molar-refractivity contribution in [3.05, 3.63) is 92.4 Å². The van der Waals surface area contributed by atoms with E-state index in [0.29, 0.717) is 29.8 Å². The van der Waals surface area contributed by atoms with Crippen LogP contribution in [0.25, 0.3) is 5.69 Å². The monoisotopic (exact) mass is 399 g/mol. The molecule has 1 aromatic heterocycles. The Morgan fingerprint density at radius 1 is 1.10 bits per heavy atom. The SMILES string of the molecule is Cc1ccc(NCC(O)CC2c3ccccc3-n3c2c(C#N)c(C)cc3=O)cc1C. The molecular weight excluding hydrogens is 374 g/mol. The first kappa shape index (κ1) is 19.9. The first-order valence-electron chi connectivity index (χ1n) is 10.2. The number of aromatic nitrogens is 1. The summed E-state index contributed by atoms with van der Waals surface area (Å²) >= 11 is 0. The molecule has 5 nitrogen and oxygen atoms in total. The summed E-state index contributed by atoms with van der Waals surface area (Å²) in [5.74, 6) is -0.208. The van der Waals surface area contributed by atoms with Crippen LogP contribution in [0.4, 0.5) is 5.69 Å². The van der Waals surface area contributed by atoms with Crippen LogP contribution in [-0.2, 0) is 0 Å². The molecule has 2 unspecified atom stereocenters. The fourth-order valence-electron chi connectivity index (χ4n) is 4.29. The van der Waals surface area contributed by atoms with Gasteiger partial charge in [0.15, 0.2) is 0 Å². The van der Waals surface area contributed by atoms with Crippen molar-refractivity contribution in [1.29, 1.82) is 5.26 Å². The van der Waals surface area contributed by atoms with Crippen LogP contribution >= 0.6 is 0 Å². The molecule has 0 saturated heterocycles. The molecule has 2 atom stereocenters. The molecule has 5 heteroatoms. The van der Waals surface area contributed by atoms with E-state index in [1.54, 1.807) is 11.5 Å². The average Bonchev–Trinajstić information content (AvgIpc) is 3.04. The first-order valence-corrected chi connectivity index (χ1v) is 10.2. The van der Waals surface area contributed by atoms with Gasteiger partial charge < -0.3 is 10.4 Å². The van der Waals surface area contributed by atoms with Gasteiger partial charge in [-0.3, -0.25) is 9.36 Å². The highest BCUT2D eigenvalue weighted by molar-refractivity contribution is 5.59. The van der Waals surface area contributed by atoms with E-state index in [0.717, 1.165) is 16.9 Å². The highest BCUT2D eigenvalue weighted by atomic mass is 16.3. The Morgan fingerprint density at radius 3 is 2.60 bits per heavy atom. The number of fused-ring (bicyclic) bond motifs is 3. The van der Waals surface area contributed by atoms with Gasteiger partial charge in [0, 0.05) is 24.2 Å². The lowest BCUT2D eigenvalue weighted by molar-refractivity contribution is 0.172. The number of hydrogen-bond acceptors (Lipinski definition) is 4. The fourth-order valence-corrected chi connectivity index (χ4v) is 4.29. The lowest BCUT2D eigenvalue weighted by Crippen LogP contribution is -2.24. The molecule has 4 rings (SSSR count). The van der Waals surface area contributed by atoms with Gasteiger partial charge in [-0.2, -0.15) is 5.26 Å². The molecule has 152 valence electrons. The summed E-state index contributed by atoms with van der Waals surface area (Å²) in [6.45, 7) is 6.31. The normalized spacial score (nSPS) is 15.2. The smallest absolute Gasteiger partial charge is 0.255 e. The zero-order chi connectivity index (χ0) is 21.4. The van der Waals surface area contributed by atoms with Gasteiger partial charge in [0.25, 0.3) is 5.56 Å². The molecule has 0 fully saturated rings. The van der Waals surface area contributed by atoms with Crippen molar-refractivity contribution in [2.45, 2.75) is 39.2 Å². The molecule has 0 saturated carbocycles. The van der Waals surface area contributed by atoms with Crippen molar-refractivity contribution in [2.75, 3.05) is 11.9 Å². The number of nitrogens with one attached hydrogen (secondary N) is 1. The molecule has 0 aliphatic carbocycles. The van der Waals surface area contributed by atoms with Crippen molar-refractivity contribution >= 4 is 5.69 Å². The highest BCUT2D eigenvalue weighted by Gasteiger charge is 2.34. The average molecular weight is 399 g/mol. The Morgan fingerprint density at radius 2 is 1.87 bits per heavy atom. The molecule has 0 amide bonds. The number of aryl methyl sites for hydroxylation is 3. The summed E-state index contributed by atoms with van der Waals surface area (Å²) in [5, 5.41) is 23.9. The van der Waals surface area contributed by atoms with Crippen LogP contribution in [0, 0.1) is 32.1 Å². The van der Waals surface area contributed by atoms with Gasteiger partial charge in [0.1, 0.15) is 6.07 Å². The summed E-state index contributed by atoms with van der Waals surface area (Å²) in [7, 11) is 0. The summed E-state index contributed by atoms with van der Waals surface area (Å²) in [4.78, 5) is 12.7. The quantitative estimate of drug-likeness (QED) is 0.681. The molecule has 2 aromatic carbocycles. The summed E-state index contributed by atoms with van der Waals surface area (Å²) in [6.07, 6.45) is -0.217. The number of aliphatic hydroxyl groups is 1. The molecule has 2 heterocycles. The van der Waals surface area contributed by atoms with Crippen LogP contribution in [0.2, 0.25) is 0 Å². The van der Waals surface area contributed by atoms with Crippen molar-refractivity contribution in [3.8, 4) is 11.8 Å².